The van der Waals surface area contributed by atoms with E-state index >= 15 is 0 Å². The molecule has 0 fully saturated rings. The molecule has 0 radical (unpaired) electrons. The van der Waals surface area contributed by atoms with Crippen LogP contribution in [0.5, 0.6) is 5.75 Å². The van der Waals surface area contributed by atoms with Crippen molar-refractivity contribution in [3.05, 3.63) is 89.5 Å². The van der Waals surface area contributed by atoms with Crippen molar-refractivity contribution in [2.75, 3.05) is 17.5 Å². The molecular weight excluding hydrogens is 472 g/mol. The van der Waals surface area contributed by atoms with E-state index in [-0.39, 0.29) is 23.4 Å². The minimum Gasteiger partial charge on any atom is -0.494 e. The Kier molecular flexibility index (Phi) is 8.31. The van der Waals surface area contributed by atoms with Crippen molar-refractivity contribution in [3.63, 3.8) is 0 Å². The summed E-state index contributed by atoms with van der Waals surface area (Å²) in [5.41, 5.74) is 4.24. The maximum Gasteiger partial charge on any atom is 0.264 e. The summed E-state index contributed by atoms with van der Waals surface area (Å²) in [4.78, 5) is 13.3. The number of hydrogen-bond donors (Lipinski definition) is 1. The summed E-state index contributed by atoms with van der Waals surface area (Å²) in [6.45, 7) is 4.07. The smallest absolute Gasteiger partial charge is 0.264 e. The highest BCUT2D eigenvalue weighted by molar-refractivity contribution is 7.92. The number of sulfonamides is 1. The molecule has 0 aliphatic heterocycles. The largest absolute Gasteiger partial charge is 0.494 e. The summed E-state index contributed by atoms with van der Waals surface area (Å²) in [5.74, 6) is 0.245. The molecular formula is C29H34N2O4S. The van der Waals surface area contributed by atoms with Gasteiger partial charge in [-0.15, -0.1) is 0 Å². The maximum atomic E-state index is 13.6. The SMILES string of the molecule is CCOc1ccc(S(=O)(=O)N(CC(=O)NC(CC)c2ccc3c(c2)CCCC3)c2ccccc2)cc1. The Balaban J connectivity index is 1.56. The molecule has 190 valence electrons. The Morgan fingerprint density at radius 1 is 0.944 bits per heavy atom. The lowest BCUT2D eigenvalue weighted by atomic mass is 9.89. The highest BCUT2D eigenvalue weighted by Crippen LogP contribution is 2.27. The van der Waals surface area contributed by atoms with Gasteiger partial charge in [-0.05, 0) is 92.1 Å². The molecule has 0 heterocycles. The van der Waals surface area contributed by atoms with Gasteiger partial charge in [-0.25, -0.2) is 8.42 Å². The van der Waals surface area contributed by atoms with Crippen molar-refractivity contribution in [1.29, 1.82) is 0 Å². The minimum atomic E-state index is -3.98. The Morgan fingerprint density at radius 3 is 2.31 bits per heavy atom. The van der Waals surface area contributed by atoms with Gasteiger partial charge in [-0.3, -0.25) is 9.10 Å². The third kappa shape index (κ3) is 5.90. The van der Waals surface area contributed by atoms with E-state index in [2.05, 4.69) is 23.5 Å². The average molecular weight is 507 g/mol. The third-order valence-electron chi connectivity index (χ3n) is 6.57. The van der Waals surface area contributed by atoms with Gasteiger partial charge in [0.2, 0.25) is 5.91 Å². The molecule has 4 rings (SSSR count). The van der Waals surface area contributed by atoms with Crippen LogP contribution in [0.4, 0.5) is 5.69 Å². The van der Waals surface area contributed by atoms with Crippen LogP contribution in [0, 0.1) is 0 Å². The molecule has 1 unspecified atom stereocenters. The summed E-state index contributed by atoms with van der Waals surface area (Å²) in [6.07, 6.45) is 5.29. The van der Waals surface area contributed by atoms with Crippen LogP contribution >= 0.6 is 0 Å². The number of amides is 1. The highest BCUT2D eigenvalue weighted by Gasteiger charge is 2.28. The molecule has 0 spiro atoms. The topological polar surface area (TPSA) is 75.7 Å². The van der Waals surface area contributed by atoms with Crippen molar-refractivity contribution in [2.45, 2.75) is 56.9 Å². The number of carbonyl (C=O) groups is 1. The van der Waals surface area contributed by atoms with Gasteiger partial charge in [0, 0.05) is 0 Å². The first-order chi connectivity index (χ1) is 17.4. The van der Waals surface area contributed by atoms with Crippen LogP contribution in [0.2, 0.25) is 0 Å². The number of hydrogen-bond acceptors (Lipinski definition) is 4. The van der Waals surface area contributed by atoms with E-state index < -0.39 is 10.0 Å². The Labute approximate surface area is 214 Å². The van der Waals surface area contributed by atoms with Gasteiger partial charge < -0.3 is 10.1 Å². The van der Waals surface area contributed by atoms with E-state index in [1.54, 1.807) is 36.4 Å². The normalized spacial score (nSPS) is 13.9. The molecule has 0 saturated heterocycles. The van der Waals surface area contributed by atoms with Crippen molar-refractivity contribution in [3.8, 4) is 5.75 Å². The van der Waals surface area contributed by atoms with Gasteiger partial charge in [0.05, 0.1) is 23.2 Å². The van der Waals surface area contributed by atoms with Crippen molar-refractivity contribution in [2.24, 2.45) is 0 Å². The second-order valence-corrected chi connectivity index (χ2v) is 10.9. The number of benzene rings is 3. The van der Waals surface area contributed by atoms with E-state index in [1.807, 2.05) is 19.9 Å². The number of nitrogens with zero attached hydrogens (tertiary/aromatic N) is 1. The molecule has 0 aromatic heterocycles. The van der Waals surface area contributed by atoms with E-state index in [4.69, 9.17) is 4.74 Å². The zero-order valence-corrected chi connectivity index (χ0v) is 21.8. The number of ether oxygens (including phenoxy) is 1. The van der Waals surface area contributed by atoms with Gasteiger partial charge in [-0.2, -0.15) is 0 Å². The third-order valence-corrected chi connectivity index (χ3v) is 8.36. The molecule has 0 saturated carbocycles. The molecule has 1 N–H and O–H groups in total. The van der Waals surface area contributed by atoms with Crippen molar-refractivity contribution < 1.29 is 17.9 Å². The summed E-state index contributed by atoms with van der Waals surface area (Å²) >= 11 is 0. The zero-order chi connectivity index (χ0) is 25.5. The lowest BCUT2D eigenvalue weighted by Gasteiger charge is -2.26. The highest BCUT2D eigenvalue weighted by atomic mass is 32.2. The molecule has 36 heavy (non-hydrogen) atoms. The van der Waals surface area contributed by atoms with Gasteiger partial charge >= 0.3 is 0 Å². The summed E-state index contributed by atoms with van der Waals surface area (Å²) < 4.78 is 33.9. The zero-order valence-electron chi connectivity index (χ0n) is 20.9. The first kappa shape index (κ1) is 25.8. The van der Waals surface area contributed by atoms with Gasteiger partial charge in [-0.1, -0.05) is 43.3 Å². The molecule has 3 aromatic rings. The van der Waals surface area contributed by atoms with Crippen LogP contribution in [0.25, 0.3) is 0 Å². The van der Waals surface area contributed by atoms with Crippen LogP contribution in [-0.2, 0) is 27.7 Å². The number of rotatable bonds is 10. The Morgan fingerprint density at radius 2 is 1.64 bits per heavy atom. The number of para-hydroxylation sites is 1. The van der Waals surface area contributed by atoms with Gasteiger partial charge in [0.15, 0.2) is 0 Å². The predicted octanol–water partition coefficient (Wildman–Crippen LogP) is 5.43. The fourth-order valence-corrected chi connectivity index (χ4v) is 6.09. The lowest BCUT2D eigenvalue weighted by molar-refractivity contribution is -0.120. The van der Waals surface area contributed by atoms with E-state index in [9.17, 15) is 13.2 Å². The van der Waals surface area contributed by atoms with Crippen LogP contribution in [-0.4, -0.2) is 27.5 Å². The van der Waals surface area contributed by atoms with Crippen LogP contribution in [0.1, 0.15) is 55.8 Å². The molecule has 1 aliphatic carbocycles. The minimum absolute atomic E-state index is 0.101. The van der Waals surface area contributed by atoms with Gasteiger partial charge in [0.25, 0.3) is 10.0 Å². The second-order valence-electron chi connectivity index (χ2n) is 9.02. The second kappa shape index (κ2) is 11.6. The Hall–Kier alpha value is -3.32. The fraction of sp³-hybridized carbons (Fsp3) is 0.345. The molecule has 1 atom stereocenters. The monoisotopic (exact) mass is 506 g/mol. The van der Waals surface area contributed by atoms with E-state index in [0.29, 0.717) is 24.5 Å². The molecule has 7 heteroatoms. The van der Waals surface area contributed by atoms with Crippen LogP contribution < -0.4 is 14.4 Å². The molecule has 3 aromatic carbocycles. The average Bonchev–Trinajstić information content (AvgIpc) is 2.91. The van der Waals surface area contributed by atoms with Crippen LogP contribution in [0.15, 0.2) is 77.7 Å². The lowest BCUT2D eigenvalue weighted by Crippen LogP contribution is -2.42. The van der Waals surface area contributed by atoms with Gasteiger partial charge in [0.1, 0.15) is 12.3 Å². The van der Waals surface area contributed by atoms with Crippen LogP contribution in [0.3, 0.4) is 0 Å². The molecule has 1 aliphatic rings. The van der Waals surface area contributed by atoms with Crippen molar-refractivity contribution in [1.82, 2.24) is 5.32 Å². The van der Waals surface area contributed by atoms with Crippen molar-refractivity contribution >= 4 is 21.6 Å². The molecule has 1 amide bonds. The summed E-state index contributed by atoms with van der Waals surface area (Å²) in [7, 11) is -3.98. The van der Waals surface area contributed by atoms with E-state index in [1.165, 1.54) is 36.1 Å². The summed E-state index contributed by atoms with van der Waals surface area (Å²) in [6, 6.07) is 21.3. The number of anilines is 1. The Bertz CT molecular complexity index is 1270. The summed E-state index contributed by atoms with van der Waals surface area (Å²) in [5, 5.41) is 3.07. The number of aryl methyl sites for hydroxylation is 2. The first-order valence-corrected chi connectivity index (χ1v) is 14.1. The predicted molar refractivity (Wildman–Crippen MR) is 143 cm³/mol. The first-order valence-electron chi connectivity index (χ1n) is 12.6. The molecule has 6 nitrogen and oxygen atoms in total. The number of carbonyl (C=O) groups excluding carboxylic acids is 1. The maximum absolute atomic E-state index is 13.6. The number of nitrogens with one attached hydrogen (secondary N) is 1. The number of fused-ring (bicyclic) bond motifs is 1. The standard InChI is InChI=1S/C29H34N2O4S/c1-3-28(24-15-14-22-10-8-9-11-23(22)20-24)30-29(32)21-31(25-12-6-5-7-13-25)36(33,34)27-18-16-26(17-19-27)35-4-2/h5-7,12-20,28H,3-4,8-11,21H2,1-2H3,(H,30,32). The van der Waals surface area contributed by atoms with E-state index in [0.717, 1.165) is 22.7 Å². The molecule has 0 bridgehead atoms. The fourth-order valence-electron chi connectivity index (χ4n) is 4.67. The quantitative estimate of drug-likeness (QED) is 0.398.